The van der Waals surface area contributed by atoms with E-state index in [-0.39, 0.29) is 11.9 Å². The molecule has 1 unspecified atom stereocenters. The van der Waals surface area contributed by atoms with Gasteiger partial charge in [-0.2, -0.15) is 0 Å². The first kappa shape index (κ1) is 17.3. The summed E-state index contributed by atoms with van der Waals surface area (Å²) in [6, 6.07) is 13.7. The van der Waals surface area contributed by atoms with Gasteiger partial charge in [0.2, 0.25) is 5.91 Å². The summed E-state index contributed by atoms with van der Waals surface area (Å²) in [6.45, 7) is 2.31. The maximum Gasteiger partial charge on any atom is 0.233 e. The number of thioether (sulfide) groups is 1. The number of pyridine rings is 1. The first-order valence-corrected chi connectivity index (χ1v) is 9.50. The molecule has 0 saturated carbocycles. The summed E-state index contributed by atoms with van der Waals surface area (Å²) in [4.78, 5) is 18.9. The number of carbonyl (C=O) groups excluding carboxylic acids is 1. The van der Waals surface area contributed by atoms with Gasteiger partial charge in [0.15, 0.2) is 0 Å². The molecule has 6 heteroatoms. The molecule has 4 nitrogen and oxygen atoms in total. The van der Waals surface area contributed by atoms with Crippen molar-refractivity contribution < 1.29 is 4.79 Å². The SMILES string of the molecule is O=C(CSCc1ccccn1)N1CCNCC1c1cccc(Cl)c1. The molecule has 0 aliphatic carbocycles. The molecule has 1 aromatic heterocycles. The second kappa shape index (κ2) is 8.51. The lowest BCUT2D eigenvalue weighted by atomic mass is 10.0. The highest BCUT2D eigenvalue weighted by atomic mass is 35.5. The second-order valence-corrected chi connectivity index (χ2v) is 7.10. The Morgan fingerprint density at radius 1 is 1.33 bits per heavy atom. The third-order valence-corrected chi connectivity index (χ3v) is 5.18. The second-order valence-electron chi connectivity index (χ2n) is 5.68. The zero-order valence-electron chi connectivity index (χ0n) is 13.3. The highest BCUT2D eigenvalue weighted by Gasteiger charge is 2.27. The molecule has 3 rings (SSSR count). The Balaban J connectivity index is 1.61. The topological polar surface area (TPSA) is 45.2 Å². The number of amides is 1. The summed E-state index contributed by atoms with van der Waals surface area (Å²) in [5.74, 6) is 1.39. The molecule has 1 saturated heterocycles. The lowest BCUT2D eigenvalue weighted by molar-refractivity contribution is -0.131. The number of nitrogens with zero attached hydrogens (tertiary/aromatic N) is 2. The van der Waals surface area contributed by atoms with E-state index in [1.165, 1.54) is 0 Å². The van der Waals surface area contributed by atoms with Gasteiger partial charge < -0.3 is 10.2 Å². The van der Waals surface area contributed by atoms with Gasteiger partial charge in [0, 0.05) is 36.6 Å². The zero-order chi connectivity index (χ0) is 16.8. The van der Waals surface area contributed by atoms with E-state index in [1.807, 2.05) is 47.4 Å². The van der Waals surface area contributed by atoms with Crippen LogP contribution in [0.4, 0.5) is 0 Å². The molecular weight excluding hydrogens is 342 g/mol. The predicted octanol–water partition coefficient (Wildman–Crippen LogP) is 3.14. The first-order valence-electron chi connectivity index (χ1n) is 7.97. The Labute approximate surface area is 151 Å². The number of rotatable bonds is 5. The third kappa shape index (κ3) is 4.50. The molecule has 0 spiro atoms. The van der Waals surface area contributed by atoms with Crippen molar-refractivity contribution in [2.24, 2.45) is 0 Å². The van der Waals surface area contributed by atoms with Gasteiger partial charge in [0.05, 0.1) is 17.5 Å². The minimum Gasteiger partial charge on any atom is -0.332 e. The fourth-order valence-corrected chi connectivity index (χ4v) is 3.84. The van der Waals surface area contributed by atoms with Crippen LogP contribution in [0.5, 0.6) is 0 Å². The number of piperazine rings is 1. The Hall–Kier alpha value is -1.56. The Kier molecular flexibility index (Phi) is 6.12. The van der Waals surface area contributed by atoms with Crippen molar-refractivity contribution in [2.45, 2.75) is 11.8 Å². The molecular formula is C18H20ClN3OS. The van der Waals surface area contributed by atoms with Gasteiger partial charge in [-0.15, -0.1) is 11.8 Å². The Morgan fingerprint density at radius 3 is 3.04 bits per heavy atom. The summed E-state index contributed by atoms with van der Waals surface area (Å²) in [7, 11) is 0. The number of aromatic nitrogens is 1. The molecule has 1 fully saturated rings. The van der Waals surface area contributed by atoms with Crippen molar-refractivity contribution in [2.75, 3.05) is 25.4 Å². The third-order valence-electron chi connectivity index (χ3n) is 4.00. The quantitative estimate of drug-likeness (QED) is 0.888. The summed E-state index contributed by atoms with van der Waals surface area (Å²) in [5.41, 5.74) is 2.08. The average molecular weight is 362 g/mol. The Bertz CT molecular complexity index is 683. The van der Waals surface area contributed by atoms with Gasteiger partial charge in [-0.3, -0.25) is 9.78 Å². The van der Waals surface area contributed by atoms with Crippen LogP contribution in [-0.2, 0) is 10.5 Å². The van der Waals surface area contributed by atoms with Gasteiger partial charge in [0.25, 0.3) is 0 Å². The van der Waals surface area contributed by atoms with E-state index >= 15 is 0 Å². The maximum atomic E-state index is 12.7. The van der Waals surface area contributed by atoms with Crippen LogP contribution in [0.1, 0.15) is 17.3 Å². The molecule has 1 aliphatic heterocycles. The van der Waals surface area contributed by atoms with Crippen molar-refractivity contribution in [1.29, 1.82) is 0 Å². The highest BCUT2D eigenvalue weighted by molar-refractivity contribution is 7.99. The van der Waals surface area contributed by atoms with Gasteiger partial charge in [-0.25, -0.2) is 0 Å². The fourth-order valence-electron chi connectivity index (χ4n) is 2.82. The number of hydrogen-bond donors (Lipinski definition) is 1. The lowest BCUT2D eigenvalue weighted by Crippen LogP contribution is -2.49. The Morgan fingerprint density at radius 2 is 2.25 bits per heavy atom. The molecule has 0 radical (unpaired) electrons. The predicted molar refractivity (Wildman–Crippen MR) is 99.2 cm³/mol. The van der Waals surface area contributed by atoms with Crippen LogP contribution in [0.3, 0.4) is 0 Å². The summed E-state index contributed by atoms with van der Waals surface area (Å²) >= 11 is 7.72. The number of nitrogens with one attached hydrogen (secondary N) is 1. The minimum absolute atomic E-state index is 0.0420. The molecule has 24 heavy (non-hydrogen) atoms. The van der Waals surface area contributed by atoms with Crippen LogP contribution < -0.4 is 5.32 Å². The molecule has 126 valence electrons. The van der Waals surface area contributed by atoms with E-state index in [1.54, 1.807) is 18.0 Å². The number of halogens is 1. The first-order chi connectivity index (χ1) is 11.7. The standard InChI is InChI=1S/C18H20ClN3OS/c19-15-5-3-4-14(10-15)17-11-20-8-9-22(17)18(23)13-24-12-16-6-1-2-7-21-16/h1-7,10,17,20H,8-9,11-13H2. The average Bonchev–Trinajstić information content (AvgIpc) is 2.62. The molecule has 2 heterocycles. The van der Waals surface area contributed by atoms with E-state index in [9.17, 15) is 4.79 Å². The normalized spacial score (nSPS) is 17.7. The molecule has 0 bridgehead atoms. The zero-order valence-corrected chi connectivity index (χ0v) is 14.9. The smallest absolute Gasteiger partial charge is 0.233 e. The van der Waals surface area contributed by atoms with Crippen molar-refractivity contribution in [1.82, 2.24) is 15.2 Å². The maximum absolute atomic E-state index is 12.7. The van der Waals surface area contributed by atoms with Crippen LogP contribution in [0, 0.1) is 0 Å². The molecule has 2 aromatic rings. The molecule has 1 N–H and O–H groups in total. The van der Waals surface area contributed by atoms with Crippen LogP contribution in [0.2, 0.25) is 5.02 Å². The van der Waals surface area contributed by atoms with Gasteiger partial charge in [-0.1, -0.05) is 29.8 Å². The molecule has 1 aliphatic rings. The van der Waals surface area contributed by atoms with Crippen LogP contribution in [0.25, 0.3) is 0 Å². The van der Waals surface area contributed by atoms with Gasteiger partial charge in [0.1, 0.15) is 0 Å². The number of carbonyl (C=O) groups is 1. The molecule has 1 amide bonds. The van der Waals surface area contributed by atoms with Crippen molar-refractivity contribution >= 4 is 29.3 Å². The van der Waals surface area contributed by atoms with E-state index in [0.29, 0.717) is 10.8 Å². The fraction of sp³-hybridized carbons (Fsp3) is 0.333. The van der Waals surface area contributed by atoms with Crippen molar-refractivity contribution in [3.63, 3.8) is 0 Å². The molecule has 1 aromatic carbocycles. The van der Waals surface area contributed by atoms with Gasteiger partial charge in [-0.05, 0) is 29.8 Å². The van der Waals surface area contributed by atoms with Crippen molar-refractivity contribution in [3.8, 4) is 0 Å². The van der Waals surface area contributed by atoms with E-state index in [4.69, 9.17) is 11.6 Å². The lowest BCUT2D eigenvalue weighted by Gasteiger charge is -2.36. The summed E-state index contributed by atoms with van der Waals surface area (Å²) < 4.78 is 0. The van der Waals surface area contributed by atoms with Crippen molar-refractivity contribution in [3.05, 3.63) is 64.9 Å². The monoisotopic (exact) mass is 361 g/mol. The van der Waals surface area contributed by atoms with E-state index in [0.717, 1.165) is 36.6 Å². The van der Waals surface area contributed by atoms with Crippen LogP contribution >= 0.6 is 23.4 Å². The highest BCUT2D eigenvalue weighted by Crippen LogP contribution is 2.25. The number of hydrogen-bond acceptors (Lipinski definition) is 4. The minimum atomic E-state index is 0.0420. The summed E-state index contributed by atoms with van der Waals surface area (Å²) in [5, 5.41) is 4.07. The van der Waals surface area contributed by atoms with Crippen LogP contribution in [-0.4, -0.2) is 41.2 Å². The van der Waals surface area contributed by atoms with Gasteiger partial charge >= 0.3 is 0 Å². The van der Waals surface area contributed by atoms with Crippen LogP contribution in [0.15, 0.2) is 48.7 Å². The largest absolute Gasteiger partial charge is 0.332 e. The van der Waals surface area contributed by atoms with E-state index in [2.05, 4.69) is 10.3 Å². The number of benzene rings is 1. The van der Waals surface area contributed by atoms with E-state index < -0.39 is 0 Å². The molecule has 1 atom stereocenters. The summed E-state index contributed by atoms with van der Waals surface area (Å²) in [6.07, 6.45) is 1.78.